The first kappa shape index (κ1) is 14.3. The maximum absolute atomic E-state index is 11.8. The Hall–Kier alpha value is -1.07. The van der Waals surface area contributed by atoms with Crippen molar-refractivity contribution in [3.63, 3.8) is 0 Å². The standard InChI is InChI=1S/C13H11Cl2NO2S/c14-10-3-9(4-11(15)5-10)12(17)13(18)16-6-8-1-2-19-7-8/h1-5,7,12,17H,6H2,(H,16,18). The van der Waals surface area contributed by atoms with E-state index in [0.717, 1.165) is 5.56 Å². The molecule has 100 valence electrons. The quantitative estimate of drug-likeness (QED) is 0.908. The summed E-state index contributed by atoms with van der Waals surface area (Å²) >= 11 is 13.2. The normalized spacial score (nSPS) is 12.2. The molecule has 1 aromatic carbocycles. The smallest absolute Gasteiger partial charge is 0.253 e. The van der Waals surface area contributed by atoms with Crippen LogP contribution in [0.4, 0.5) is 0 Å². The second-order valence-corrected chi connectivity index (χ2v) is 5.61. The summed E-state index contributed by atoms with van der Waals surface area (Å²) in [5.41, 5.74) is 1.37. The van der Waals surface area contributed by atoms with Gasteiger partial charge < -0.3 is 10.4 Å². The van der Waals surface area contributed by atoms with Crippen molar-refractivity contribution in [1.29, 1.82) is 0 Å². The monoisotopic (exact) mass is 315 g/mol. The van der Waals surface area contributed by atoms with Crippen molar-refractivity contribution in [2.45, 2.75) is 12.6 Å². The highest BCUT2D eigenvalue weighted by Crippen LogP contribution is 2.23. The summed E-state index contributed by atoms with van der Waals surface area (Å²) in [5.74, 6) is -0.482. The van der Waals surface area contributed by atoms with Crippen LogP contribution in [0.2, 0.25) is 10.0 Å². The van der Waals surface area contributed by atoms with E-state index in [1.807, 2.05) is 16.8 Å². The fourth-order valence-corrected chi connectivity index (χ4v) is 2.78. The molecule has 19 heavy (non-hydrogen) atoms. The van der Waals surface area contributed by atoms with Crippen LogP contribution < -0.4 is 5.32 Å². The molecule has 0 fully saturated rings. The molecule has 1 aromatic heterocycles. The maximum Gasteiger partial charge on any atom is 0.253 e. The molecule has 0 spiro atoms. The molecule has 1 amide bonds. The minimum absolute atomic E-state index is 0.375. The van der Waals surface area contributed by atoms with Crippen molar-refractivity contribution < 1.29 is 9.90 Å². The average Bonchev–Trinajstić information content (AvgIpc) is 2.87. The van der Waals surface area contributed by atoms with E-state index in [9.17, 15) is 9.90 Å². The molecule has 3 nitrogen and oxygen atoms in total. The fraction of sp³-hybridized carbons (Fsp3) is 0.154. The summed E-state index contributed by atoms with van der Waals surface area (Å²) in [6, 6.07) is 6.49. The Morgan fingerprint density at radius 3 is 2.58 bits per heavy atom. The number of thiophene rings is 1. The lowest BCUT2D eigenvalue weighted by molar-refractivity contribution is -0.129. The molecule has 0 saturated heterocycles. The Morgan fingerprint density at radius 1 is 1.32 bits per heavy atom. The van der Waals surface area contributed by atoms with Gasteiger partial charge in [-0.25, -0.2) is 0 Å². The minimum Gasteiger partial charge on any atom is -0.378 e. The Morgan fingerprint density at radius 2 is 2.00 bits per heavy atom. The lowest BCUT2D eigenvalue weighted by Gasteiger charge is -2.12. The zero-order valence-electron chi connectivity index (χ0n) is 9.77. The summed E-state index contributed by atoms with van der Waals surface area (Å²) in [5, 5.41) is 17.2. The van der Waals surface area contributed by atoms with Gasteiger partial charge in [-0.1, -0.05) is 23.2 Å². The predicted octanol–water partition coefficient (Wildman–Crippen LogP) is 3.40. The maximum atomic E-state index is 11.8. The number of halogens is 2. The number of amides is 1. The van der Waals surface area contributed by atoms with Gasteiger partial charge in [-0.2, -0.15) is 11.3 Å². The van der Waals surface area contributed by atoms with Gasteiger partial charge >= 0.3 is 0 Å². The molecule has 2 N–H and O–H groups in total. The summed E-state index contributed by atoms with van der Waals surface area (Å²) in [6.45, 7) is 0.383. The molecule has 0 saturated carbocycles. The van der Waals surface area contributed by atoms with Gasteiger partial charge in [-0.3, -0.25) is 4.79 Å². The highest BCUT2D eigenvalue weighted by atomic mass is 35.5. The van der Waals surface area contributed by atoms with Crippen LogP contribution in [0, 0.1) is 0 Å². The predicted molar refractivity (Wildman–Crippen MR) is 77.6 cm³/mol. The lowest BCUT2D eigenvalue weighted by Crippen LogP contribution is -2.28. The summed E-state index contributed by atoms with van der Waals surface area (Å²) in [6.07, 6.45) is -1.28. The highest BCUT2D eigenvalue weighted by Gasteiger charge is 2.18. The lowest BCUT2D eigenvalue weighted by atomic mass is 10.1. The van der Waals surface area contributed by atoms with Crippen LogP contribution in [-0.2, 0) is 11.3 Å². The van der Waals surface area contributed by atoms with Crippen molar-refractivity contribution in [3.05, 3.63) is 56.2 Å². The topological polar surface area (TPSA) is 49.3 Å². The summed E-state index contributed by atoms with van der Waals surface area (Å²) < 4.78 is 0. The molecule has 6 heteroatoms. The average molecular weight is 316 g/mol. The minimum atomic E-state index is -1.28. The molecule has 0 aliphatic rings. The van der Waals surface area contributed by atoms with E-state index in [-0.39, 0.29) is 0 Å². The van der Waals surface area contributed by atoms with Crippen LogP contribution in [0.25, 0.3) is 0 Å². The van der Waals surface area contributed by atoms with Gasteiger partial charge in [0.1, 0.15) is 0 Å². The zero-order chi connectivity index (χ0) is 13.8. The van der Waals surface area contributed by atoms with Gasteiger partial charge in [-0.05, 0) is 46.2 Å². The van der Waals surface area contributed by atoms with Gasteiger partial charge in [0.2, 0.25) is 0 Å². The first-order valence-corrected chi connectivity index (χ1v) is 7.19. The fourth-order valence-electron chi connectivity index (χ4n) is 1.56. The number of hydrogen-bond acceptors (Lipinski definition) is 3. The highest BCUT2D eigenvalue weighted by molar-refractivity contribution is 7.07. The second kappa shape index (κ2) is 6.39. The first-order valence-electron chi connectivity index (χ1n) is 5.49. The molecule has 0 aliphatic carbocycles. The number of carbonyl (C=O) groups is 1. The van der Waals surface area contributed by atoms with Crippen molar-refractivity contribution in [3.8, 4) is 0 Å². The molecular formula is C13H11Cl2NO2S. The Bertz CT molecular complexity index is 552. The molecule has 2 aromatic rings. The van der Waals surface area contributed by atoms with E-state index in [1.54, 1.807) is 17.4 Å². The van der Waals surface area contributed by atoms with E-state index in [0.29, 0.717) is 22.2 Å². The van der Waals surface area contributed by atoms with Crippen molar-refractivity contribution in [2.24, 2.45) is 0 Å². The number of nitrogens with one attached hydrogen (secondary N) is 1. The third-order valence-corrected chi connectivity index (χ3v) is 3.66. The first-order chi connectivity index (χ1) is 9.06. The molecule has 1 heterocycles. The van der Waals surface area contributed by atoms with Gasteiger partial charge in [0.25, 0.3) is 5.91 Å². The van der Waals surface area contributed by atoms with Gasteiger partial charge in [0, 0.05) is 16.6 Å². The van der Waals surface area contributed by atoms with Crippen molar-refractivity contribution in [1.82, 2.24) is 5.32 Å². The van der Waals surface area contributed by atoms with Crippen molar-refractivity contribution >= 4 is 40.4 Å². The molecule has 1 atom stereocenters. The Labute approximate surface area is 124 Å². The number of carbonyl (C=O) groups excluding carboxylic acids is 1. The van der Waals surface area contributed by atoms with Crippen LogP contribution in [0.5, 0.6) is 0 Å². The SMILES string of the molecule is O=C(NCc1ccsc1)C(O)c1cc(Cl)cc(Cl)c1. The van der Waals surface area contributed by atoms with Crippen LogP contribution in [0.3, 0.4) is 0 Å². The molecular weight excluding hydrogens is 305 g/mol. The summed E-state index contributed by atoms with van der Waals surface area (Å²) in [7, 11) is 0. The molecule has 1 unspecified atom stereocenters. The van der Waals surface area contributed by atoms with Crippen LogP contribution >= 0.6 is 34.5 Å². The van der Waals surface area contributed by atoms with E-state index < -0.39 is 12.0 Å². The van der Waals surface area contributed by atoms with Crippen LogP contribution in [0.15, 0.2) is 35.0 Å². The third-order valence-electron chi connectivity index (χ3n) is 2.50. The number of benzene rings is 1. The van der Waals surface area contributed by atoms with E-state index in [4.69, 9.17) is 23.2 Å². The van der Waals surface area contributed by atoms with Gasteiger partial charge in [0.05, 0.1) is 0 Å². The molecule has 0 bridgehead atoms. The number of aliphatic hydroxyl groups excluding tert-OH is 1. The molecule has 0 radical (unpaired) electrons. The van der Waals surface area contributed by atoms with Crippen LogP contribution in [0.1, 0.15) is 17.2 Å². The van der Waals surface area contributed by atoms with Gasteiger partial charge in [-0.15, -0.1) is 0 Å². The Kier molecular flexibility index (Phi) is 4.82. The largest absolute Gasteiger partial charge is 0.378 e. The molecule has 0 aliphatic heterocycles. The summed E-state index contributed by atoms with van der Waals surface area (Å²) in [4.78, 5) is 11.8. The number of hydrogen-bond donors (Lipinski definition) is 2. The van der Waals surface area contributed by atoms with E-state index in [2.05, 4.69) is 5.32 Å². The van der Waals surface area contributed by atoms with E-state index in [1.165, 1.54) is 12.1 Å². The molecule has 2 rings (SSSR count). The number of rotatable bonds is 4. The van der Waals surface area contributed by atoms with Crippen molar-refractivity contribution in [2.75, 3.05) is 0 Å². The number of aliphatic hydroxyl groups is 1. The second-order valence-electron chi connectivity index (χ2n) is 3.95. The Balaban J connectivity index is 2.02. The van der Waals surface area contributed by atoms with E-state index >= 15 is 0 Å². The van der Waals surface area contributed by atoms with Gasteiger partial charge in [0.15, 0.2) is 6.10 Å². The van der Waals surface area contributed by atoms with Crippen LogP contribution in [-0.4, -0.2) is 11.0 Å². The zero-order valence-corrected chi connectivity index (χ0v) is 12.1. The third kappa shape index (κ3) is 3.94.